The molecule has 0 radical (unpaired) electrons. The highest BCUT2D eigenvalue weighted by Crippen LogP contribution is 2.23. The molecule has 1 aliphatic rings. The lowest BCUT2D eigenvalue weighted by Gasteiger charge is -2.26. The summed E-state index contributed by atoms with van der Waals surface area (Å²) < 4.78 is 6.80. The number of nitrogens with zero attached hydrogens (tertiary/aromatic N) is 9. The Balaban J connectivity index is 1.58. The highest BCUT2D eigenvalue weighted by atomic mass is 16.5. The Bertz CT molecular complexity index is 900. The molecule has 0 bridgehead atoms. The zero-order valence-corrected chi connectivity index (χ0v) is 14.2. The summed E-state index contributed by atoms with van der Waals surface area (Å²) in [5.74, 6) is 0.354. The molecule has 11 nitrogen and oxygen atoms in total. The molecule has 134 valence electrons. The van der Waals surface area contributed by atoms with Crippen LogP contribution in [0.2, 0.25) is 0 Å². The summed E-state index contributed by atoms with van der Waals surface area (Å²) in [6.45, 7) is 4.30. The summed E-state index contributed by atoms with van der Waals surface area (Å²) in [5.41, 5.74) is 2.52. The van der Waals surface area contributed by atoms with Crippen molar-refractivity contribution >= 4 is 5.91 Å². The van der Waals surface area contributed by atoms with Crippen molar-refractivity contribution in [2.45, 2.75) is 13.5 Å². The van der Waals surface area contributed by atoms with Gasteiger partial charge in [0, 0.05) is 18.7 Å². The average molecular weight is 355 g/mol. The predicted octanol–water partition coefficient (Wildman–Crippen LogP) is -0.517. The van der Waals surface area contributed by atoms with Gasteiger partial charge in [0.1, 0.15) is 12.9 Å². The summed E-state index contributed by atoms with van der Waals surface area (Å²) in [6, 6.07) is 5.77. The van der Waals surface area contributed by atoms with Crippen molar-refractivity contribution < 1.29 is 9.53 Å². The number of tetrazole rings is 2. The van der Waals surface area contributed by atoms with Crippen molar-refractivity contribution in [1.82, 2.24) is 45.3 Å². The largest absolute Gasteiger partial charge is 0.378 e. The lowest BCUT2D eigenvalue weighted by molar-refractivity contribution is -0.136. The third-order valence-electron chi connectivity index (χ3n) is 4.08. The first-order chi connectivity index (χ1) is 12.7. The van der Waals surface area contributed by atoms with Crippen LogP contribution in [0.1, 0.15) is 5.56 Å². The first-order valence-corrected chi connectivity index (χ1v) is 8.18. The number of hydrogen-bond acceptors (Lipinski definition) is 8. The molecule has 0 unspecified atom stereocenters. The molecule has 3 heterocycles. The molecule has 0 spiro atoms. The molecule has 1 aliphatic heterocycles. The lowest BCUT2D eigenvalue weighted by Crippen LogP contribution is -2.42. The summed E-state index contributed by atoms with van der Waals surface area (Å²) in [4.78, 5) is 15.4. The van der Waals surface area contributed by atoms with E-state index < -0.39 is 0 Å². The first kappa shape index (κ1) is 16.3. The molecular weight excluding hydrogens is 338 g/mol. The van der Waals surface area contributed by atoms with Gasteiger partial charge in [-0.3, -0.25) is 4.79 Å². The van der Waals surface area contributed by atoms with Gasteiger partial charge in [-0.25, -0.2) is 0 Å². The molecule has 0 N–H and O–H groups in total. The van der Waals surface area contributed by atoms with Crippen LogP contribution in [0, 0.1) is 6.92 Å². The van der Waals surface area contributed by atoms with Crippen LogP contribution in [0.5, 0.6) is 0 Å². The molecule has 1 fully saturated rings. The van der Waals surface area contributed by atoms with Crippen LogP contribution in [0.15, 0.2) is 24.5 Å². The quantitative estimate of drug-likeness (QED) is 0.614. The lowest BCUT2D eigenvalue weighted by atomic mass is 10.1. The van der Waals surface area contributed by atoms with Gasteiger partial charge in [0.05, 0.1) is 18.9 Å². The molecule has 4 rings (SSSR count). The number of morpholine rings is 1. The van der Waals surface area contributed by atoms with Crippen LogP contribution >= 0.6 is 0 Å². The van der Waals surface area contributed by atoms with E-state index in [1.54, 1.807) is 9.58 Å². The third kappa shape index (κ3) is 3.28. The molecule has 0 aliphatic carbocycles. The molecule has 26 heavy (non-hydrogen) atoms. The fourth-order valence-electron chi connectivity index (χ4n) is 2.74. The minimum atomic E-state index is -0.0538. The molecule has 1 aromatic carbocycles. The van der Waals surface area contributed by atoms with E-state index in [9.17, 15) is 4.79 Å². The van der Waals surface area contributed by atoms with E-state index in [0.29, 0.717) is 32.1 Å². The van der Waals surface area contributed by atoms with E-state index >= 15 is 0 Å². The number of hydrogen-bond donors (Lipinski definition) is 0. The van der Waals surface area contributed by atoms with E-state index in [2.05, 4.69) is 30.9 Å². The predicted molar refractivity (Wildman–Crippen MR) is 88.1 cm³/mol. The zero-order valence-electron chi connectivity index (χ0n) is 14.2. The topological polar surface area (TPSA) is 117 Å². The Hall–Kier alpha value is -3.21. The van der Waals surface area contributed by atoms with Gasteiger partial charge in [0.15, 0.2) is 0 Å². The van der Waals surface area contributed by atoms with Crippen molar-refractivity contribution in [2.75, 3.05) is 26.3 Å². The summed E-state index contributed by atoms with van der Waals surface area (Å²) >= 11 is 0. The van der Waals surface area contributed by atoms with Crippen LogP contribution in [0.25, 0.3) is 17.1 Å². The minimum Gasteiger partial charge on any atom is -0.378 e. The smallest absolute Gasteiger partial charge is 0.246 e. The van der Waals surface area contributed by atoms with Gasteiger partial charge in [0.2, 0.25) is 11.7 Å². The average Bonchev–Trinajstić information content (AvgIpc) is 3.34. The molecule has 2 aromatic heterocycles. The van der Waals surface area contributed by atoms with Gasteiger partial charge in [-0.1, -0.05) is 6.07 Å². The Morgan fingerprint density at radius 3 is 2.85 bits per heavy atom. The van der Waals surface area contributed by atoms with Crippen LogP contribution in [-0.2, 0) is 16.1 Å². The Labute approximate surface area is 148 Å². The van der Waals surface area contributed by atoms with Crippen molar-refractivity contribution in [3.63, 3.8) is 0 Å². The van der Waals surface area contributed by atoms with Crippen molar-refractivity contribution in [2.24, 2.45) is 0 Å². The minimum absolute atomic E-state index is 0.0407. The third-order valence-corrected chi connectivity index (χ3v) is 4.08. The fourth-order valence-corrected chi connectivity index (χ4v) is 2.74. The van der Waals surface area contributed by atoms with Gasteiger partial charge >= 0.3 is 0 Å². The van der Waals surface area contributed by atoms with Crippen LogP contribution < -0.4 is 0 Å². The standard InChI is InChI=1S/C15H17N9O2/c1-11-2-3-12(13(8-11)23-10-16-19-21-23)15-17-20-24(18-15)9-14(25)22-4-6-26-7-5-22/h2-3,8,10H,4-7,9H2,1H3. The van der Waals surface area contributed by atoms with Gasteiger partial charge in [0.25, 0.3) is 0 Å². The second-order valence-corrected chi connectivity index (χ2v) is 5.91. The van der Waals surface area contributed by atoms with E-state index in [1.165, 1.54) is 11.1 Å². The zero-order chi connectivity index (χ0) is 17.9. The first-order valence-electron chi connectivity index (χ1n) is 8.18. The number of aryl methyl sites for hydroxylation is 1. The summed E-state index contributed by atoms with van der Waals surface area (Å²) in [6.07, 6.45) is 1.50. The maximum absolute atomic E-state index is 12.3. The Morgan fingerprint density at radius 2 is 2.08 bits per heavy atom. The second-order valence-electron chi connectivity index (χ2n) is 5.91. The number of aromatic nitrogens is 8. The van der Waals surface area contributed by atoms with Gasteiger partial charge in [-0.2, -0.15) is 9.48 Å². The Kier molecular flexibility index (Phi) is 4.35. The van der Waals surface area contributed by atoms with E-state index in [-0.39, 0.29) is 12.5 Å². The fraction of sp³-hybridized carbons (Fsp3) is 0.400. The van der Waals surface area contributed by atoms with Crippen molar-refractivity contribution in [1.29, 1.82) is 0 Å². The number of amides is 1. The molecule has 3 aromatic rings. The van der Waals surface area contributed by atoms with E-state index in [1.807, 2.05) is 25.1 Å². The highest BCUT2D eigenvalue weighted by Gasteiger charge is 2.19. The molecular formula is C15H17N9O2. The highest BCUT2D eigenvalue weighted by molar-refractivity contribution is 5.76. The van der Waals surface area contributed by atoms with E-state index in [0.717, 1.165) is 16.8 Å². The maximum atomic E-state index is 12.3. The van der Waals surface area contributed by atoms with Crippen LogP contribution in [0.4, 0.5) is 0 Å². The summed E-state index contributed by atoms with van der Waals surface area (Å²) in [5, 5.41) is 23.7. The van der Waals surface area contributed by atoms with Crippen molar-refractivity contribution in [3.05, 3.63) is 30.1 Å². The van der Waals surface area contributed by atoms with E-state index in [4.69, 9.17) is 4.74 Å². The monoisotopic (exact) mass is 355 g/mol. The van der Waals surface area contributed by atoms with Crippen molar-refractivity contribution in [3.8, 4) is 17.1 Å². The number of carbonyl (C=O) groups excluding carboxylic acids is 1. The number of benzene rings is 1. The second kappa shape index (κ2) is 6.96. The Morgan fingerprint density at radius 1 is 1.23 bits per heavy atom. The number of carbonyl (C=O) groups is 1. The maximum Gasteiger partial charge on any atom is 0.246 e. The van der Waals surface area contributed by atoms with Crippen LogP contribution in [-0.4, -0.2) is 77.5 Å². The molecule has 11 heteroatoms. The molecule has 0 saturated carbocycles. The molecule has 1 amide bonds. The van der Waals surface area contributed by atoms with Gasteiger partial charge in [-0.15, -0.1) is 15.3 Å². The number of rotatable bonds is 4. The van der Waals surface area contributed by atoms with Crippen LogP contribution in [0.3, 0.4) is 0 Å². The summed E-state index contributed by atoms with van der Waals surface area (Å²) in [7, 11) is 0. The number of ether oxygens (including phenoxy) is 1. The molecule has 0 atom stereocenters. The SMILES string of the molecule is Cc1ccc(-c2nnn(CC(=O)N3CCOCC3)n2)c(-n2cnnn2)c1. The van der Waals surface area contributed by atoms with Gasteiger partial charge in [-0.05, 0) is 40.3 Å². The van der Waals surface area contributed by atoms with Gasteiger partial charge < -0.3 is 9.64 Å². The molecule has 1 saturated heterocycles. The normalized spacial score (nSPS) is 14.6.